The van der Waals surface area contributed by atoms with Crippen molar-refractivity contribution in [2.24, 2.45) is 0 Å². The topological polar surface area (TPSA) is 44.9 Å². The van der Waals surface area contributed by atoms with Crippen molar-refractivity contribution in [2.75, 3.05) is 0 Å². The predicted octanol–water partition coefficient (Wildman–Crippen LogP) is 1.41. The normalized spacial score (nSPS) is 17.4. The number of hydrogen-bond donors (Lipinski definition) is 2. The van der Waals surface area contributed by atoms with Crippen LogP contribution in [0.4, 0.5) is 0 Å². The molecule has 1 saturated carbocycles. The van der Waals surface area contributed by atoms with E-state index in [0.717, 1.165) is 12.2 Å². The molecule has 0 aliphatic heterocycles. The molecule has 0 bridgehead atoms. The summed E-state index contributed by atoms with van der Waals surface area (Å²) in [6.45, 7) is 0.779. The van der Waals surface area contributed by atoms with Crippen LogP contribution in [0.1, 0.15) is 31.4 Å². The van der Waals surface area contributed by atoms with E-state index < -0.39 is 0 Å². The Balaban J connectivity index is 1.88. The first-order chi connectivity index (χ1) is 6.84. The van der Waals surface area contributed by atoms with Crippen molar-refractivity contribution in [3.8, 4) is 0 Å². The molecule has 1 aromatic rings. The van der Waals surface area contributed by atoms with E-state index in [1.54, 1.807) is 12.1 Å². The molecule has 14 heavy (non-hydrogen) atoms. The summed E-state index contributed by atoms with van der Waals surface area (Å²) in [7, 11) is 0. The lowest BCUT2D eigenvalue weighted by atomic mass is 10.2. The van der Waals surface area contributed by atoms with Gasteiger partial charge in [0.25, 0.3) is 0 Å². The van der Waals surface area contributed by atoms with Gasteiger partial charge >= 0.3 is 0 Å². The molecule has 1 aliphatic rings. The minimum Gasteiger partial charge on any atom is -0.325 e. The third kappa shape index (κ3) is 2.45. The van der Waals surface area contributed by atoms with Crippen LogP contribution in [0.3, 0.4) is 0 Å². The zero-order chi connectivity index (χ0) is 9.80. The van der Waals surface area contributed by atoms with E-state index in [4.69, 9.17) is 0 Å². The second kappa shape index (κ2) is 4.42. The molecule has 76 valence electrons. The van der Waals surface area contributed by atoms with Crippen molar-refractivity contribution < 1.29 is 0 Å². The Bertz CT molecular complexity index is 339. The average Bonchev–Trinajstić information content (AvgIpc) is 2.67. The number of H-pyrrole nitrogens is 1. The molecule has 2 rings (SSSR count). The van der Waals surface area contributed by atoms with Crippen LogP contribution in [-0.2, 0) is 6.54 Å². The molecule has 0 unspecified atom stereocenters. The minimum atomic E-state index is -0.0179. The summed E-state index contributed by atoms with van der Waals surface area (Å²) in [5, 5.41) is 3.45. The highest BCUT2D eigenvalue weighted by molar-refractivity contribution is 5.03. The SMILES string of the molecule is O=c1cccc(CNC2CCCC2)[nH]1. The molecule has 1 heterocycles. The maximum atomic E-state index is 11.0. The summed E-state index contributed by atoms with van der Waals surface area (Å²) in [5.41, 5.74) is 0.958. The first-order valence-corrected chi connectivity index (χ1v) is 5.26. The van der Waals surface area contributed by atoms with Gasteiger partial charge in [-0.25, -0.2) is 0 Å². The molecule has 0 spiro atoms. The van der Waals surface area contributed by atoms with Crippen molar-refractivity contribution in [3.05, 3.63) is 34.2 Å². The summed E-state index contributed by atoms with van der Waals surface area (Å²) in [6.07, 6.45) is 5.22. The van der Waals surface area contributed by atoms with Gasteiger partial charge in [0, 0.05) is 24.3 Å². The summed E-state index contributed by atoms with van der Waals surface area (Å²) in [5.74, 6) is 0. The van der Waals surface area contributed by atoms with Gasteiger partial charge in [-0.2, -0.15) is 0 Å². The van der Waals surface area contributed by atoms with Crippen LogP contribution in [-0.4, -0.2) is 11.0 Å². The molecule has 2 N–H and O–H groups in total. The van der Waals surface area contributed by atoms with Crippen molar-refractivity contribution in [1.82, 2.24) is 10.3 Å². The lowest BCUT2D eigenvalue weighted by Crippen LogP contribution is -2.26. The van der Waals surface area contributed by atoms with E-state index in [1.165, 1.54) is 25.7 Å². The number of nitrogens with one attached hydrogen (secondary N) is 2. The lowest BCUT2D eigenvalue weighted by Gasteiger charge is -2.10. The van der Waals surface area contributed by atoms with Gasteiger partial charge in [0.15, 0.2) is 0 Å². The van der Waals surface area contributed by atoms with Gasteiger partial charge in [0.1, 0.15) is 0 Å². The molecule has 1 fully saturated rings. The third-order valence-electron chi connectivity index (χ3n) is 2.77. The Hall–Kier alpha value is -1.09. The van der Waals surface area contributed by atoms with E-state index in [2.05, 4.69) is 10.3 Å². The van der Waals surface area contributed by atoms with Crippen LogP contribution < -0.4 is 10.9 Å². The van der Waals surface area contributed by atoms with Crippen LogP contribution >= 0.6 is 0 Å². The Morgan fingerprint density at radius 1 is 1.36 bits per heavy atom. The lowest BCUT2D eigenvalue weighted by molar-refractivity contribution is 0.519. The molecular formula is C11H16N2O. The van der Waals surface area contributed by atoms with E-state index >= 15 is 0 Å². The van der Waals surface area contributed by atoms with Gasteiger partial charge in [0.2, 0.25) is 5.56 Å². The monoisotopic (exact) mass is 192 g/mol. The Kier molecular flexibility index (Phi) is 2.99. The maximum Gasteiger partial charge on any atom is 0.248 e. The summed E-state index contributed by atoms with van der Waals surface area (Å²) < 4.78 is 0. The van der Waals surface area contributed by atoms with E-state index in [0.29, 0.717) is 6.04 Å². The molecule has 0 radical (unpaired) electrons. The zero-order valence-corrected chi connectivity index (χ0v) is 8.25. The molecule has 0 amide bonds. The number of aromatic nitrogens is 1. The van der Waals surface area contributed by atoms with Gasteiger partial charge in [-0.1, -0.05) is 18.9 Å². The predicted molar refractivity (Wildman–Crippen MR) is 56.2 cm³/mol. The fourth-order valence-electron chi connectivity index (χ4n) is 1.98. The zero-order valence-electron chi connectivity index (χ0n) is 8.25. The second-order valence-corrected chi connectivity index (χ2v) is 3.90. The van der Waals surface area contributed by atoms with Gasteiger partial charge in [0.05, 0.1) is 0 Å². The quantitative estimate of drug-likeness (QED) is 0.760. The van der Waals surface area contributed by atoms with Gasteiger partial charge in [-0.15, -0.1) is 0 Å². The van der Waals surface area contributed by atoms with Crippen molar-refractivity contribution in [3.63, 3.8) is 0 Å². The second-order valence-electron chi connectivity index (χ2n) is 3.90. The molecule has 0 aromatic carbocycles. The molecule has 3 heteroatoms. The highest BCUT2D eigenvalue weighted by Crippen LogP contribution is 2.17. The fraction of sp³-hybridized carbons (Fsp3) is 0.545. The van der Waals surface area contributed by atoms with Crippen molar-refractivity contribution >= 4 is 0 Å². The fourth-order valence-corrected chi connectivity index (χ4v) is 1.98. The number of pyridine rings is 1. The number of rotatable bonds is 3. The van der Waals surface area contributed by atoms with Gasteiger partial charge in [-0.3, -0.25) is 4.79 Å². The highest BCUT2D eigenvalue weighted by atomic mass is 16.1. The van der Waals surface area contributed by atoms with Crippen LogP contribution in [0.15, 0.2) is 23.0 Å². The highest BCUT2D eigenvalue weighted by Gasteiger charge is 2.13. The average molecular weight is 192 g/mol. The Morgan fingerprint density at radius 2 is 2.14 bits per heavy atom. The molecule has 0 atom stereocenters. The van der Waals surface area contributed by atoms with Crippen LogP contribution in [0.5, 0.6) is 0 Å². The summed E-state index contributed by atoms with van der Waals surface area (Å²) in [6, 6.07) is 5.94. The summed E-state index contributed by atoms with van der Waals surface area (Å²) >= 11 is 0. The Labute approximate surface area is 83.5 Å². The van der Waals surface area contributed by atoms with Crippen molar-refractivity contribution in [2.45, 2.75) is 38.3 Å². The number of hydrogen-bond acceptors (Lipinski definition) is 2. The van der Waals surface area contributed by atoms with Crippen LogP contribution in [0.25, 0.3) is 0 Å². The first-order valence-electron chi connectivity index (χ1n) is 5.26. The molecule has 1 aliphatic carbocycles. The minimum absolute atomic E-state index is 0.0179. The molecule has 1 aromatic heterocycles. The van der Waals surface area contributed by atoms with Gasteiger partial charge < -0.3 is 10.3 Å². The largest absolute Gasteiger partial charge is 0.325 e. The van der Waals surface area contributed by atoms with E-state index in [1.807, 2.05) is 6.07 Å². The molecule has 0 saturated heterocycles. The van der Waals surface area contributed by atoms with Crippen LogP contribution in [0.2, 0.25) is 0 Å². The first kappa shape index (κ1) is 9.46. The maximum absolute atomic E-state index is 11.0. The third-order valence-corrected chi connectivity index (χ3v) is 2.77. The number of aromatic amines is 1. The van der Waals surface area contributed by atoms with Gasteiger partial charge in [-0.05, 0) is 18.9 Å². The summed E-state index contributed by atoms with van der Waals surface area (Å²) in [4.78, 5) is 13.8. The van der Waals surface area contributed by atoms with E-state index in [-0.39, 0.29) is 5.56 Å². The standard InChI is InChI=1S/C11H16N2O/c14-11-7-3-6-10(13-11)8-12-9-4-1-2-5-9/h3,6-7,9,12H,1-2,4-5,8H2,(H,13,14). The molecular weight excluding hydrogens is 176 g/mol. The van der Waals surface area contributed by atoms with Crippen LogP contribution in [0, 0.1) is 0 Å². The Morgan fingerprint density at radius 3 is 2.86 bits per heavy atom. The van der Waals surface area contributed by atoms with E-state index in [9.17, 15) is 4.79 Å². The van der Waals surface area contributed by atoms with Crippen molar-refractivity contribution in [1.29, 1.82) is 0 Å². The molecule has 3 nitrogen and oxygen atoms in total. The smallest absolute Gasteiger partial charge is 0.248 e.